The first-order valence-corrected chi connectivity index (χ1v) is 10.6. The number of carbonyl (C=O) groups excluding carboxylic acids is 1. The van der Waals surface area contributed by atoms with Crippen LogP contribution in [-0.2, 0) is 4.74 Å². The molecule has 0 aromatic carbocycles. The number of morpholine rings is 1. The number of ether oxygens (including phenoxy) is 1. The molecule has 3 rings (SSSR count). The summed E-state index contributed by atoms with van der Waals surface area (Å²) in [7, 11) is 0. The van der Waals surface area contributed by atoms with Gasteiger partial charge < -0.3 is 20.7 Å². The maximum atomic E-state index is 12.8. The van der Waals surface area contributed by atoms with E-state index < -0.39 is 18.8 Å². The lowest BCUT2D eigenvalue weighted by atomic mass is 9.79. The van der Waals surface area contributed by atoms with Crippen LogP contribution in [0.25, 0.3) is 11.6 Å². The molecule has 2 aliphatic rings. The molecule has 0 bridgehead atoms. The number of carbonyl (C=O) groups is 1. The third kappa shape index (κ3) is 6.27. The van der Waals surface area contributed by atoms with Crippen LogP contribution in [0, 0.1) is 12.3 Å². The lowest BCUT2D eigenvalue weighted by Gasteiger charge is -2.30. The van der Waals surface area contributed by atoms with E-state index in [9.17, 15) is 18.0 Å². The molecule has 0 saturated carbocycles. The van der Waals surface area contributed by atoms with Gasteiger partial charge in [-0.3, -0.25) is 4.79 Å². The van der Waals surface area contributed by atoms with Crippen molar-refractivity contribution in [2.45, 2.75) is 52.4 Å². The van der Waals surface area contributed by atoms with E-state index in [4.69, 9.17) is 4.74 Å². The van der Waals surface area contributed by atoms with Crippen molar-refractivity contribution in [1.29, 1.82) is 0 Å². The fourth-order valence-corrected chi connectivity index (χ4v) is 3.91. The maximum Gasteiger partial charge on any atom is 0.401 e. The third-order valence-corrected chi connectivity index (χ3v) is 5.55. The Morgan fingerprint density at radius 3 is 2.68 bits per heavy atom. The van der Waals surface area contributed by atoms with Crippen LogP contribution in [0.15, 0.2) is 6.07 Å². The van der Waals surface area contributed by atoms with Gasteiger partial charge in [0.05, 0.1) is 25.1 Å². The van der Waals surface area contributed by atoms with E-state index in [1.165, 1.54) is 0 Å². The van der Waals surface area contributed by atoms with Gasteiger partial charge >= 0.3 is 6.18 Å². The Labute approximate surface area is 180 Å². The predicted octanol–water partition coefficient (Wildman–Crippen LogP) is 1.01. The number of hydrogen-bond acceptors (Lipinski definition) is 5. The zero-order valence-corrected chi connectivity index (χ0v) is 18.4. The molecule has 172 valence electrons. The molecule has 1 saturated heterocycles. The number of rotatable bonds is 5. The quantitative estimate of drug-likeness (QED) is 0.637. The Hall–Kier alpha value is -1.97. The molecular formula is C22H31F3N4O2. The number of nitrogens with zero attached hydrogens (tertiary/aromatic N) is 1. The van der Waals surface area contributed by atoms with Gasteiger partial charge in [0.25, 0.3) is 5.91 Å². The summed E-state index contributed by atoms with van der Waals surface area (Å²) in [5.41, 5.74) is 1.75. The minimum absolute atomic E-state index is 0.0573. The highest BCUT2D eigenvalue weighted by molar-refractivity contribution is 5.92. The molecule has 1 aromatic heterocycles. The first kappa shape index (κ1) is 23.7. The second-order valence-electron chi connectivity index (χ2n) is 9.22. The number of fused-ring (bicyclic) bond motifs is 1. The highest BCUT2D eigenvalue weighted by Crippen LogP contribution is 2.30. The summed E-state index contributed by atoms with van der Waals surface area (Å²) in [5.74, 6) is -0.274. The SMILES string of the molecule is Cc1cc(C(=O)NC[C@@H]2COCCN2)nc2c1=CC(NCC(F)(F)F)CC=2C(C)(C)C. The van der Waals surface area contributed by atoms with Crippen LogP contribution >= 0.6 is 0 Å². The second-order valence-corrected chi connectivity index (χ2v) is 9.22. The molecular weight excluding hydrogens is 409 g/mol. The molecule has 9 heteroatoms. The van der Waals surface area contributed by atoms with Gasteiger partial charge in [-0.2, -0.15) is 13.2 Å². The molecule has 2 atom stereocenters. The van der Waals surface area contributed by atoms with Gasteiger partial charge in [0.2, 0.25) is 0 Å². The number of hydrogen-bond donors (Lipinski definition) is 3. The van der Waals surface area contributed by atoms with E-state index in [1.807, 2.05) is 27.7 Å². The van der Waals surface area contributed by atoms with Crippen molar-refractivity contribution in [3.8, 4) is 0 Å². The maximum absolute atomic E-state index is 12.8. The van der Waals surface area contributed by atoms with Gasteiger partial charge in [-0.25, -0.2) is 4.98 Å². The first-order valence-electron chi connectivity index (χ1n) is 10.6. The zero-order chi connectivity index (χ0) is 22.8. The number of nitrogens with one attached hydrogen (secondary N) is 3. The fourth-order valence-electron chi connectivity index (χ4n) is 3.91. The normalized spacial score (nSPS) is 22.0. The molecule has 6 nitrogen and oxygen atoms in total. The molecule has 1 aliphatic carbocycles. The van der Waals surface area contributed by atoms with Gasteiger partial charge in [-0.1, -0.05) is 26.8 Å². The molecule has 0 spiro atoms. The van der Waals surface area contributed by atoms with Crippen molar-refractivity contribution in [2.24, 2.45) is 5.41 Å². The van der Waals surface area contributed by atoms with E-state index in [1.54, 1.807) is 12.1 Å². The summed E-state index contributed by atoms with van der Waals surface area (Å²) in [6.07, 6.45) is -2.07. The third-order valence-electron chi connectivity index (χ3n) is 5.55. The molecule has 0 radical (unpaired) electrons. The summed E-state index contributed by atoms with van der Waals surface area (Å²) in [5, 5.41) is 10.3. The van der Waals surface area contributed by atoms with Crippen LogP contribution in [0.5, 0.6) is 0 Å². The Balaban J connectivity index is 1.90. The van der Waals surface area contributed by atoms with Gasteiger partial charge in [-0.05, 0) is 36.0 Å². The summed E-state index contributed by atoms with van der Waals surface area (Å²) in [6, 6.07) is 1.31. The molecule has 3 N–H and O–H groups in total. The molecule has 1 fully saturated rings. The fraction of sp³-hybridized carbons (Fsp3) is 0.636. The van der Waals surface area contributed by atoms with Gasteiger partial charge in [-0.15, -0.1) is 0 Å². The lowest BCUT2D eigenvalue weighted by molar-refractivity contribution is -0.125. The minimum atomic E-state index is -4.27. The Kier molecular flexibility index (Phi) is 7.08. The number of halogens is 3. The predicted molar refractivity (Wildman–Crippen MR) is 113 cm³/mol. The van der Waals surface area contributed by atoms with E-state index in [-0.39, 0.29) is 17.4 Å². The Morgan fingerprint density at radius 2 is 2.06 bits per heavy atom. The van der Waals surface area contributed by atoms with Crippen LogP contribution < -0.4 is 26.5 Å². The molecule has 1 amide bonds. The molecule has 1 aromatic rings. The van der Waals surface area contributed by atoms with Crippen molar-refractivity contribution in [2.75, 3.05) is 32.8 Å². The summed E-state index contributed by atoms with van der Waals surface area (Å²) in [6.45, 7) is 9.23. The van der Waals surface area contributed by atoms with Crippen molar-refractivity contribution in [1.82, 2.24) is 20.9 Å². The Morgan fingerprint density at radius 1 is 1.32 bits per heavy atom. The van der Waals surface area contributed by atoms with E-state index >= 15 is 0 Å². The lowest BCUT2D eigenvalue weighted by Crippen LogP contribution is -2.49. The zero-order valence-electron chi connectivity index (χ0n) is 18.4. The molecule has 31 heavy (non-hydrogen) atoms. The number of aromatic nitrogens is 1. The van der Waals surface area contributed by atoms with Crippen molar-refractivity contribution in [3.63, 3.8) is 0 Å². The summed E-state index contributed by atoms with van der Waals surface area (Å²) in [4.78, 5) is 17.4. The molecule has 2 heterocycles. The summed E-state index contributed by atoms with van der Waals surface area (Å²) < 4.78 is 43.5. The van der Waals surface area contributed by atoms with Crippen LogP contribution in [0.2, 0.25) is 0 Å². The van der Waals surface area contributed by atoms with Gasteiger partial charge in [0, 0.05) is 30.4 Å². The second kappa shape index (κ2) is 9.26. The van der Waals surface area contributed by atoms with Gasteiger partial charge in [0.1, 0.15) is 5.69 Å². The van der Waals surface area contributed by atoms with Crippen LogP contribution in [0.1, 0.15) is 43.2 Å². The average Bonchev–Trinajstić information content (AvgIpc) is 2.69. The van der Waals surface area contributed by atoms with E-state index in [0.717, 1.165) is 22.9 Å². The highest BCUT2D eigenvalue weighted by atomic mass is 19.4. The Bertz CT molecular complexity index is 932. The molecule has 1 aliphatic heterocycles. The van der Waals surface area contributed by atoms with Gasteiger partial charge in [0.15, 0.2) is 0 Å². The van der Waals surface area contributed by atoms with Crippen molar-refractivity contribution < 1.29 is 22.7 Å². The number of amides is 1. The van der Waals surface area contributed by atoms with Crippen molar-refractivity contribution >= 4 is 17.6 Å². The first-order chi connectivity index (χ1) is 14.4. The number of alkyl halides is 3. The van der Waals surface area contributed by atoms with Crippen molar-refractivity contribution in [3.05, 3.63) is 27.9 Å². The van der Waals surface area contributed by atoms with E-state index in [2.05, 4.69) is 20.9 Å². The smallest absolute Gasteiger partial charge is 0.378 e. The summed E-state index contributed by atoms with van der Waals surface area (Å²) >= 11 is 0. The standard InChI is InChI=1S/C22H31F3N4O2/c1-13-7-18(20(30)27-10-15-11-31-6-5-26-15)29-19-16(13)8-14(28-12-22(23,24)25)9-17(19)21(2,3)4/h7-8,14-15,26,28H,5-6,9-12H2,1-4H3,(H,27,30)/t14?,15-/m1/s1. The number of aryl methyl sites for hydroxylation is 1. The van der Waals surface area contributed by atoms with Crippen LogP contribution in [0.4, 0.5) is 13.2 Å². The van der Waals surface area contributed by atoms with E-state index in [0.29, 0.717) is 37.2 Å². The molecule has 1 unspecified atom stereocenters. The largest absolute Gasteiger partial charge is 0.401 e. The minimum Gasteiger partial charge on any atom is -0.378 e. The highest BCUT2D eigenvalue weighted by Gasteiger charge is 2.30. The monoisotopic (exact) mass is 440 g/mol. The average molecular weight is 441 g/mol. The topological polar surface area (TPSA) is 75.3 Å². The van der Waals surface area contributed by atoms with Crippen LogP contribution in [0.3, 0.4) is 0 Å². The van der Waals surface area contributed by atoms with Crippen LogP contribution in [-0.4, -0.2) is 62.0 Å². The number of pyridine rings is 1.